The average molecular weight is 389 g/mol. The summed E-state index contributed by atoms with van der Waals surface area (Å²) in [5, 5.41) is 42.0. The normalized spacial score (nSPS) is 32.2. The van der Waals surface area contributed by atoms with E-state index in [2.05, 4.69) is 9.44 Å². The molecule has 0 aromatic carbocycles. The number of hydrogen-bond acceptors (Lipinski definition) is 10. The molecule has 0 bridgehead atoms. The highest BCUT2D eigenvalue weighted by Crippen LogP contribution is 2.30. The lowest BCUT2D eigenvalue weighted by Crippen LogP contribution is -2.57. The Morgan fingerprint density at radius 2 is 1.88 bits per heavy atom. The van der Waals surface area contributed by atoms with Crippen LogP contribution < -0.4 is 0 Å². The Kier molecular flexibility index (Phi) is 8.35. The first-order chi connectivity index (χ1) is 11.0. The van der Waals surface area contributed by atoms with Crippen LogP contribution >= 0.6 is 11.8 Å². The van der Waals surface area contributed by atoms with E-state index in [0.29, 0.717) is 6.42 Å². The average Bonchev–Trinajstić information content (AvgIpc) is 2.49. The lowest BCUT2D eigenvalue weighted by atomic mass is 10.0. The Labute approximate surface area is 144 Å². The lowest BCUT2D eigenvalue weighted by Gasteiger charge is -2.39. The van der Waals surface area contributed by atoms with Gasteiger partial charge in [-0.1, -0.05) is 30.8 Å². The molecule has 1 aliphatic heterocycles. The first-order valence-corrected chi connectivity index (χ1v) is 9.49. The summed E-state index contributed by atoms with van der Waals surface area (Å²) in [6, 6.07) is 0. The van der Waals surface area contributed by atoms with Crippen molar-refractivity contribution in [1.29, 1.82) is 0 Å². The summed E-state index contributed by atoms with van der Waals surface area (Å²) in [4.78, 5) is 0. The number of aliphatic hydroxyl groups excluding tert-OH is 4. The van der Waals surface area contributed by atoms with E-state index in [1.165, 1.54) is 0 Å². The molecule has 0 saturated carbocycles. The smallest absolute Gasteiger partial charge is 0.394 e. The van der Waals surface area contributed by atoms with E-state index in [1.54, 1.807) is 0 Å². The minimum absolute atomic E-state index is 0.102. The van der Waals surface area contributed by atoms with E-state index in [-0.39, 0.29) is 17.4 Å². The van der Waals surface area contributed by atoms with Crippen molar-refractivity contribution >= 4 is 27.2 Å². The number of nitrogens with zero attached hydrogens (tertiary/aromatic N) is 1. The van der Waals surface area contributed by atoms with Crippen LogP contribution in [0, 0.1) is 5.92 Å². The third-order valence-electron chi connectivity index (χ3n) is 3.27. The first kappa shape index (κ1) is 21.6. The fourth-order valence-electron chi connectivity index (χ4n) is 1.93. The van der Waals surface area contributed by atoms with Crippen LogP contribution in [0.5, 0.6) is 0 Å². The van der Waals surface area contributed by atoms with Crippen molar-refractivity contribution in [3.63, 3.8) is 0 Å². The monoisotopic (exact) mass is 389 g/mol. The van der Waals surface area contributed by atoms with Crippen LogP contribution in [0.4, 0.5) is 0 Å². The molecule has 0 unspecified atom stereocenters. The summed E-state index contributed by atoms with van der Waals surface area (Å²) in [5.41, 5.74) is -1.11. The van der Waals surface area contributed by atoms with Crippen molar-refractivity contribution in [2.24, 2.45) is 11.1 Å². The lowest BCUT2D eigenvalue weighted by molar-refractivity contribution is -0.205. The van der Waals surface area contributed by atoms with Gasteiger partial charge in [-0.2, -0.15) is 8.42 Å². The van der Waals surface area contributed by atoms with Gasteiger partial charge in [0, 0.05) is 0 Å². The second-order valence-electron chi connectivity index (χ2n) is 5.73. The van der Waals surface area contributed by atoms with Gasteiger partial charge in [-0.25, -0.2) is 4.28 Å². The standard InChI is InChI=1S/C12H23NO9S2/c1-6(2)3-4-8(13-22-24(18,19)20)23-12-11(17)10(16)9(15)7(5-14)21-12/h6-7,9-12,14-17H,3-5H2,1-2H3,(H,18,19,20)/b13-8-/t7-,9-,10+,11-,12+/m1/s1. The maximum absolute atomic E-state index is 10.7. The first-order valence-electron chi connectivity index (χ1n) is 7.25. The Balaban J connectivity index is 2.86. The SMILES string of the molecule is CC(C)CC/C(=N/OS(=O)(=O)O)S[C@@H]1O[C@H](CO)[C@@H](O)[C@H](O)[C@H]1O. The van der Waals surface area contributed by atoms with Crippen molar-refractivity contribution in [1.82, 2.24) is 0 Å². The van der Waals surface area contributed by atoms with E-state index >= 15 is 0 Å². The molecule has 0 radical (unpaired) electrons. The van der Waals surface area contributed by atoms with Gasteiger partial charge in [-0.05, 0) is 18.8 Å². The Morgan fingerprint density at radius 1 is 1.25 bits per heavy atom. The third kappa shape index (κ3) is 6.80. The molecule has 142 valence electrons. The summed E-state index contributed by atoms with van der Waals surface area (Å²) in [6.45, 7) is 3.28. The fraction of sp³-hybridized carbons (Fsp3) is 0.917. The van der Waals surface area contributed by atoms with Gasteiger partial charge in [0.1, 0.15) is 34.9 Å². The van der Waals surface area contributed by atoms with E-state index in [1.807, 2.05) is 13.8 Å². The molecule has 0 amide bonds. The summed E-state index contributed by atoms with van der Waals surface area (Å²) < 4.78 is 39.2. The van der Waals surface area contributed by atoms with Gasteiger partial charge < -0.3 is 25.2 Å². The van der Waals surface area contributed by atoms with Crippen LogP contribution in [0.3, 0.4) is 0 Å². The van der Waals surface area contributed by atoms with Crippen molar-refractivity contribution < 1.29 is 42.4 Å². The van der Waals surface area contributed by atoms with Crippen LogP contribution in [0.2, 0.25) is 0 Å². The van der Waals surface area contributed by atoms with Gasteiger partial charge in [-0.15, -0.1) is 0 Å². The molecule has 1 fully saturated rings. The Morgan fingerprint density at radius 3 is 2.38 bits per heavy atom. The van der Waals surface area contributed by atoms with Gasteiger partial charge in [0.25, 0.3) is 0 Å². The quantitative estimate of drug-likeness (QED) is 0.159. The molecular formula is C12H23NO9S2. The molecule has 0 aromatic rings. The number of rotatable bonds is 7. The molecule has 0 aromatic heterocycles. The predicted octanol–water partition coefficient (Wildman–Crippen LogP) is -0.911. The molecule has 10 nitrogen and oxygen atoms in total. The van der Waals surface area contributed by atoms with Crippen molar-refractivity contribution in [2.75, 3.05) is 6.61 Å². The molecule has 1 heterocycles. The summed E-state index contributed by atoms with van der Waals surface area (Å²) >= 11 is 0.776. The zero-order chi connectivity index (χ0) is 18.5. The molecule has 0 spiro atoms. The fourth-order valence-corrected chi connectivity index (χ4v) is 3.24. The maximum Gasteiger partial charge on any atom is 0.466 e. The van der Waals surface area contributed by atoms with Crippen molar-refractivity contribution in [2.45, 2.75) is 56.5 Å². The Hall–Kier alpha value is -0.470. The minimum Gasteiger partial charge on any atom is -0.394 e. The topological polar surface area (TPSA) is 166 Å². The highest BCUT2D eigenvalue weighted by atomic mass is 32.3. The van der Waals surface area contributed by atoms with Crippen LogP contribution in [0.15, 0.2) is 5.16 Å². The zero-order valence-electron chi connectivity index (χ0n) is 13.2. The number of aliphatic hydroxyl groups is 4. The molecule has 1 saturated heterocycles. The molecular weight excluding hydrogens is 366 g/mol. The van der Waals surface area contributed by atoms with E-state index < -0.39 is 46.9 Å². The van der Waals surface area contributed by atoms with Gasteiger partial charge >= 0.3 is 10.4 Å². The number of ether oxygens (including phenoxy) is 1. The van der Waals surface area contributed by atoms with Crippen LogP contribution in [-0.2, 0) is 19.4 Å². The molecule has 0 aliphatic carbocycles. The second-order valence-corrected chi connectivity index (χ2v) is 7.91. The summed E-state index contributed by atoms with van der Waals surface area (Å²) in [7, 11) is -4.78. The van der Waals surface area contributed by atoms with Crippen LogP contribution in [0.1, 0.15) is 26.7 Å². The third-order valence-corrected chi connectivity index (χ3v) is 4.71. The largest absolute Gasteiger partial charge is 0.466 e. The van der Waals surface area contributed by atoms with Crippen LogP contribution in [-0.4, -0.2) is 74.9 Å². The number of oxime groups is 1. The van der Waals surface area contributed by atoms with Gasteiger partial charge in [0.15, 0.2) is 0 Å². The maximum atomic E-state index is 10.7. The van der Waals surface area contributed by atoms with Gasteiger partial charge in [0.05, 0.1) is 6.61 Å². The molecule has 1 rings (SSSR count). The van der Waals surface area contributed by atoms with Crippen molar-refractivity contribution in [3.05, 3.63) is 0 Å². The second kappa shape index (κ2) is 9.29. The minimum atomic E-state index is -4.78. The van der Waals surface area contributed by atoms with Crippen molar-refractivity contribution in [3.8, 4) is 0 Å². The van der Waals surface area contributed by atoms with E-state index in [4.69, 9.17) is 14.4 Å². The highest BCUT2D eigenvalue weighted by Gasteiger charge is 2.44. The van der Waals surface area contributed by atoms with E-state index in [9.17, 15) is 23.7 Å². The predicted molar refractivity (Wildman–Crippen MR) is 85.5 cm³/mol. The molecule has 12 heteroatoms. The highest BCUT2D eigenvalue weighted by molar-refractivity contribution is 8.14. The molecule has 1 aliphatic rings. The van der Waals surface area contributed by atoms with E-state index in [0.717, 1.165) is 11.8 Å². The van der Waals surface area contributed by atoms with Gasteiger partial charge in [0.2, 0.25) is 0 Å². The molecule has 5 N–H and O–H groups in total. The zero-order valence-corrected chi connectivity index (χ0v) is 14.9. The van der Waals surface area contributed by atoms with Gasteiger partial charge in [-0.3, -0.25) is 4.55 Å². The van der Waals surface area contributed by atoms with Crippen LogP contribution in [0.25, 0.3) is 0 Å². The molecule has 5 atom stereocenters. The summed E-state index contributed by atoms with van der Waals surface area (Å²) in [5.74, 6) is 0.260. The Bertz CT molecular complexity index is 523. The molecule has 24 heavy (non-hydrogen) atoms. The number of thioether (sulfide) groups is 1. The summed E-state index contributed by atoms with van der Waals surface area (Å²) in [6.07, 6.45) is -4.75. The number of hydrogen-bond donors (Lipinski definition) is 5.